The zero-order valence-corrected chi connectivity index (χ0v) is 13.5. The van der Waals surface area contributed by atoms with Crippen LogP contribution in [-0.4, -0.2) is 31.8 Å². The lowest BCUT2D eigenvalue weighted by atomic mass is 10.0. The predicted molar refractivity (Wildman–Crippen MR) is 85.7 cm³/mol. The van der Waals surface area contributed by atoms with E-state index in [2.05, 4.69) is 23.5 Å². The second kappa shape index (κ2) is 9.58. The van der Waals surface area contributed by atoms with E-state index in [9.17, 15) is 9.18 Å². The Labute approximate surface area is 131 Å². The van der Waals surface area contributed by atoms with E-state index in [1.807, 2.05) is 12.1 Å². The Balaban J connectivity index is 0.00000400. The van der Waals surface area contributed by atoms with Crippen molar-refractivity contribution >= 4 is 24.1 Å². The lowest BCUT2D eigenvalue weighted by Gasteiger charge is -2.22. The van der Waals surface area contributed by atoms with Gasteiger partial charge in [0.2, 0.25) is 6.17 Å². The summed E-state index contributed by atoms with van der Waals surface area (Å²) in [5.74, 6) is -0.909. The van der Waals surface area contributed by atoms with Crippen molar-refractivity contribution in [3.8, 4) is 0 Å². The SMILES string of the molecule is CCOC(=O)C(F)[C@H](N)c1ccc(N(CC)CC)cc1.Cl. The fourth-order valence-corrected chi connectivity index (χ4v) is 2.03. The van der Waals surface area contributed by atoms with E-state index in [0.717, 1.165) is 18.8 Å². The quantitative estimate of drug-likeness (QED) is 0.785. The zero-order chi connectivity index (χ0) is 15.1. The monoisotopic (exact) mass is 318 g/mol. The molecular weight excluding hydrogens is 295 g/mol. The Morgan fingerprint density at radius 3 is 2.19 bits per heavy atom. The number of anilines is 1. The Bertz CT molecular complexity index is 424. The highest BCUT2D eigenvalue weighted by Gasteiger charge is 2.27. The third-order valence-corrected chi connectivity index (χ3v) is 3.23. The van der Waals surface area contributed by atoms with Gasteiger partial charge >= 0.3 is 5.97 Å². The van der Waals surface area contributed by atoms with Crippen LogP contribution in [0.2, 0.25) is 0 Å². The molecule has 21 heavy (non-hydrogen) atoms. The molecule has 4 nitrogen and oxygen atoms in total. The average Bonchev–Trinajstić information content (AvgIpc) is 2.48. The molecule has 0 saturated carbocycles. The summed E-state index contributed by atoms with van der Waals surface area (Å²) in [7, 11) is 0. The maximum atomic E-state index is 13.8. The standard InChI is InChI=1S/C15H23FN2O2.ClH/c1-4-18(5-2)12-9-7-11(8-10-12)14(17)13(16)15(19)20-6-3;/h7-10,13-14H,4-6,17H2,1-3H3;1H/t13?,14-;/m1./s1. The molecule has 0 aromatic heterocycles. The molecule has 1 aromatic rings. The third kappa shape index (κ3) is 5.17. The van der Waals surface area contributed by atoms with Crippen LogP contribution < -0.4 is 10.6 Å². The summed E-state index contributed by atoms with van der Waals surface area (Å²) >= 11 is 0. The van der Waals surface area contributed by atoms with Gasteiger partial charge in [-0.3, -0.25) is 0 Å². The minimum absolute atomic E-state index is 0. The molecule has 0 heterocycles. The highest BCUT2D eigenvalue weighted by atomic mass is 35.5. The predicted octanol–water partition coefficient (Wildman–Crippen LogP) is 2.86. The van der Waals surface area contributed by atoms with Gasteiger partial charge in [-0.2, -0.15) is 0 Å². The van der Waals surface area contributed by atoms with E-state index < -0.39 is 18.2 Å². The van der Waals surface area contributed by atoms with Crippen LogP contribution in [0.15, 0.2) is 24.3 Å². The number of nitrogens with zero attached hydrogens (tertiary/aromatic N) is 1. The molecule has 0 saturated heterocycles. The first kappa shape index (κ1) is 19.7. The number of hydrogen-bond donors (Lipinski definition) is 1. The third-order valence-electron chi connectivity index (χ3n) is 3.23. The van der Waals surface area contributed by atoms with Crippen LogP contribution in [-0.2, 0) is 9.53 Å². The van der Waals surface area contributed by atoms with Crippen molar-refractivity contribution < 1.29 is 13.9 Å². The van der Waals surface area contributed by atoms with Crippen LogP contribution in [0, 0.1) is 0 Å². The lowest BCUT2D eigenvalue weighted by Crippen LogP contribution is -2.31. The van der Waals surface area contributed by atoms with Crippen LogP contribution in [0.5, 0.6) is 0 Å². The maximum absolute atomic E-state index is 13.8. The summed E-state index contributed by atoms with van der Waals surface area (Å²) < 4.78 is 18.5. The minimum Gasteiger partial charge on any atom is -0.464 e. The van der Waals surface area contributed by atoms with Crippen LogP contribution in [0.25, 0.3) is 0 Å². The molecule has 0 aliphatic carbocycles. The van der Waals surface area contributed by atoms with Gasteiger partial charge in [0, 0.05) is 18.8 Å². The largest absolute Gasteiger partial charge is 0.464 e. The van der Waals surface area contributed by atoms with Crippen LogP contribution >= 0.6 is 12.4 Å². The van der Waals surface area contributed by atoms with Crippen molar-refractivity contribution in [2.45, 2.75) is 33.0 Å². The highest BCUT2D eigenvalue weighted by molar-refractivity contribution is 5.85. The van der Waals surface area contributed by atoms with Gasteiger partial charge in [0.05, 0.1) is 12.6 Å². The van der Waals surface area contributed by atoms with E-state index in [4.69, 9.17) is 5.73 Å². The van der Waals surface area contributed by atoms with Crippen molar-refractivity contribution in [3.63, 3.8) is 0 Å². The van der Waals surface area contributed by atoms with E-state index in [0.29, 0.717) is 5.56 Å². The second-order valence-electron chi connectivity index (χ2n) is 4.44. The Morgan fingerprint density at radius 2 is 1.76 bits per heavy atom. The Kier molecular flexibility index (Phi) is 8.97. The van der Waals surface area contributed by atoms with Gasteiger partial charge in [-0.25, -0.2) is 9.18 Å². The molecule has 1 rings (SSSR count). The Hall–Kier alpha value is -1.33. The van der Waals surface area contributed by atoms with Crippen LogP contribution in [0.1, 0.15) is 32.4 Å². The molecule has 0 aliphatic heterocycles. The fourth-order valence-electron chi connectivity index (χ4n) is 2.03. The molecule has 2 N–H and O–H groups in total. The summed E-state index contributed by atoms with van der Waals surface area (Å²) in [4.78, 5) is 13.5. The van der Waals surface area contributed by atoms with Crippen LogP contribution in [0.3, 0.4) is 0 Å². The summed E-state index contributed by atoms with van der Waals surface area (Å²) in [6.45, 7) is 7.72. The number of nitrogens with two attached hydrogens (primary N) is 1. The van der Waals surface area contributed by atoms with Gasteiger partial charge in [0.15, 0.2) is 0 Å². The average molecular weight is 319 g/mol. The number of benzene rings is 1. The molecule has 6 heteroatoms. The van der Waals surface area contributed by atoms with Gasteiger partial charge in [-0.15, -0.1) is 12.4 Å². The minimum atomic E-state index is -1.84. The molecule has 0 spiro atoms. The number of carbonyl (C=O) groups excluding carboxylic acids is 1. The summed E-state index contributed by atoms with van der Waals surface area (Å²) in [5, 5.41) is 0. The molecule has 0 amide bonds. The molecule has 2 atom stereocenters. The van der Waals surface area contributed by atoms with Gasteiger partial charge in [0.25, 0.3) is 0 Å². The van der Waals surface area contributed by atoms with Gasteiger partial charge < -0.3 is 15.4 Å². The molecule has 1 aromatic carbocycles. The highest BCUT2D eigenvalue weighted by Crippen LogP contribution is 2.22. The number of alkyl halides is 1. The Morgan fingerprint density at radius 1 is 1.24 bits per heavy atom. The molecular formula is C15H24ClFN2O2. The summed E-state index contributed by atoms with van der Waals surface area (Å²) in [5.41, 5.74) is 7.41. The van der Waals surface area contributed by atoms with Gasteiger partial charge in [-0.1, -0.05) is 12.1 Å². The first-order chi connectivity index (χ1) is 9.54. The van der Waals surface area contributed by atoms with E-state index in [-0.39, 0.29) is 19.0 Å². The molecule has 0 fully saturated rings. The first-order valence-electron chi connectivity index (χ1n) is 6.96. The second-order valence-corrected chi connectivity index (χ2v) is 4.44. The summed E-state index contributed by atoms with van der Waals surface area (Å²) in [6.07, 6.45) is -1.84. The van der Waals surface area contributed by atoms with Crippen molar-refractivity contribution in [2.75, 3.05) is 24.6 Å². The van der Waals surface area contributed by atoms with Crippen molar-refractivity contribution in [1.82, 2.24) is 0 Å². The number of rotatable bonds is 7. The first-order valence-corrected chi connectivity index (χ1v) is 6.96. The number of hydrogen-bond acceptors (Lipinski definition) is 4. The number of halogens is 2. The summed E-state index contributed by atoms with van der Waals surface area (Å²) in [6, 6.07) is 6.29. The van der Waals surface area contributed by atoms with Crippen molar-refractivity contribution in [2.24, 2.45) is 5.73 Å². The van der Waals surface area contributed by atoms with Crippen LogP contribution in [0.4, 0.5) is 10.1 Å². The topological polar surface area (TPSA) is 55.6 Å². The molecule has 1 unspecified atom stereocenters. The molecule has 0 bridgehead atoms. The van der Waals surface area contributed by atoms with Gasteiger partial charge in [0.1, 0.15) is 0 Å². The smallest absolute Gasteiger partial charge is 0.342 e. The molecule has 0 radical (unpaired) electrons. The van der Waals surface area contributed by atoms with Crippen molar-refractivity contribution in [3.05, 3.63) is 29.8 Å². The number of carbonyl (C=O) groups is 1. The zero-order valence-electron chi connectivity index (χ0n) is 12.7. The van der Waals surface area contributed by atoms with E-state index in [1.54, 1.807) is 19.1 Å². The van der Waals surface area contributed by atoms with Crippen molar-refractivity contribution in [1.29, 1.82) is 0 Å². The van der Waals surface area contributed by atoms with Gasteiger partial charge in [-0.05, 0) is 38.5 Å². The van der Waals surface area contributed by atoms with E-state index in [1.165, 1.54) is 0 Å². The normalized spacial score (nSPS) is 13.0. The van der Waals surface area contributed by atoms with E-state index >= 15 is 0 Å². The maximum Gasteiger partial charge on any atom is 0.342 e. The molecule has 120 valence electrons. The number of esters is 1. The lowest BCUT2D eigenvalue weighted by molar-refractivity contribution is -0.149. The fraction of sp³-hybridized carbons (Fsp3) is 0.533. The number of ether oxygens (including phenoxy) is 1. The molecule has 0 aliphatic rings.